The topological polar surface area (TPSA) is 40.9 Å². The van der Waals surface area contributed by atoms with Crippen molar-refractivity contribution in [1.82, 2.24) is 0 Å². The Hall–Kier alpha value is -1.62. The van der Waals surface area contributed by atoms with Crippen LogP contribution in [0.3, 0.4) is 0 Å². The van der Waals surface area contributed by atoms with E-state index in [9.17, 15) is 4.79 Å². The predicted octanol–water partition coefficient (Wildman–Crippen LogP) is 3.28. The zero-order valence-corrected chi connectivity index (χ0v) is 10.2. The first-order valence-corrected chi connectivity index (χ1v) is 5.48. The number of aryl methyl sites for hydroxylation is 2. The lowest BCUT2D eigenvalue weighted by Crippen LogP contribution is -2.18. The summed E-state index contributed by atoms with van der Waals surface area (Å²) >= 11 is 0. The van der Waals surface area contributed by atoms with Crippen molar-refractivity contribution in [3.05, 3.63) is 34.9 Å². The lowest BCUT2D eigenvalue weighted by Gasteiger charge is -2.12. The van der Waals surface area contributed by atoms with Crippen LogP contribution >= 0.6 is 0 Å². The highest BCUT2D eigenvalue weighted by molar-refractivity contribution is 5.99. The fourth-order valence-corrected chi connectivity index (χ4v) is 1.58. The van der Waals surface area contributed by atoms with Crippen molar-refractivity contribution in [3.63, 3.8) is 0 Å². The van der Waals surface area contributed by atoms with E-state index in [2.05, 4.69) is 6.07 Å². The highest BCUT2D eigenvalue weighted by Gasteiger charge is 2.23. The second-order valence-electron chi connectivity index (χ2n) is 4.51. The van der Waals surface area contributed by atoms with Crippen LogP contribution in [0.25, 0.3) is 0 Å². The molecule has 84 valence electrons. The van der Waals surface area contributed by atoms with Crippen LogP contribution in [-0.2, 0) is 0 Å². The second kappa shape index (κ2) is 4.94. The van der Waals surface area contributed by atoms with Crippen LogP contribution in [0.5, 0.6) is 0 Å². The number of carbonyl (C=O) groups excluding carboxylic acids is 1. The molecule has 0 saturated heterocycles. The van der Waals surface area contributed by atoms with Crippen molar-refractivity contribution in [2.24, 2.45) is 11.8 Å². The Morgan fingerprint density at radius 3 is 2.31 bits per heavy atom. The first kappa shape index (κ1) is 12.4. The van der Waals surface area contributed by atoms with Gasteiger partial charge in [-0.1, -0.05) is 26.0 Å². The second-order valence-corrected chi connectivity index (χ2v) is 4.51. The monoisotopic (exact) mass is 215 g/mol. The Balaban J connectivity index is 3.06. The van der Waals surface area contributed by atoms with E-state index in [4.69, 9.17) is 5.26 Å². The van der Waals surface area contributed by atoms with E-state index in [0.717, 1.165) is 11.1 Å². The Morgan fingerprint density at radius 1 is 1.25 bits per heavy atom. The molecule has 1 unspecified atom stereocenters. The summed E-state index contributed by atoms with van der Waals surface area (Å²) < 4.78 is 0. The molecule has 1 atom stereocenters. The molecule has 0 amide bonds. The van der Waals surface area contributed by atoms with Gasteiger partial charge in [0.1, 0.15) is 5.92 Å². The van der Waals surface area contributed by atoms with E-state index in [1.54, 1.807) is 6.07 Å². The zero-order chi connectivity index (χ0) is 12.3. The highest BCUT2D eigenvalue weighted by atomic mass is 16.1. The molecular formula is C14H17NO. The third-order valence-corrected chi connectivity index (χ3v) is 2.88. The Bertz CT molecular complexity index is 441. The molecule has 0 spiro atoms. The number of nitriles is 1. The number of ketones is 1. The molecule has 0 aliphatic heterocycles. The van der Waals surface area contributed by atoms with Gasteiger partial charge in [-0.05, 0) is 37.0 Å². The summed E-state index contributed by atoms with van der Waals surface area (Å²) in [6.45, 7) is 7.77. The minimum atomic E-state index is -0.540. The van der Waals surface area contributed by atoms with Gasteiger partial charge in [0, 0.05) is 5.56 Å². The quantitative estimate of drug-likeness (QED) is 0.726. The molecule has 0 aliphatic rings. The maximum absolute atomic E-state index is 12.1. The Morgan fingerprint density at radius 2 is 1.88 bits per heavy atom. The Labute approximate surface area is 96.9 Å². The molecule has 0 radical (unpaired) electrons. The first-order valence-electron chi connectivity index (χ1n) is 5.48. The SMILES string of the molecule is Cc1ccc(C(=O)C(C#N)C(C)C)cc1C. The van der Waals surface area contributed by atoms with Gasteiger partial charge in [-0.25, -0.2) is 0 Å². The summed E-state index contributed by atoms with van der Waals surface area (Å²) in [4.78, 5) is 12.1. The molecular weight excluding hydrogens is 198 g/mol. The van der Waals surface area contributed by atoms with Gasteiger partial charge in [-0.3, -0.25) is 4.79 Å². The average Bonchev–Trinajstić information content (AvgIpc) is 2.22. The van der Waals surface area contributed by atoms with Gasteiger partial charge < -0.3 is 0 Å². The molecule has 0 saturated carbocycles. The van der Waals surface area contributed by atoms with Crippen LogP contribution in [0.2, 0.25) is 0 Å². The van der Waals surface area contributed by atoms with Crippen molar-refractivity contribution in [2.75, 3.05) is 0 Å². The van der Waals surface area contributed by atoms with Crippen LogP contribution in [0, 0.1) is 37.0 Å². The van der Waals surface area contributed by atoms with Crippen LogP contribution in [0.1, 0.15) is 35.3 Å². The van der Waals surface area contributed by atoms with Crippen LogP contribution in [-0.4, -0.2) is 5.78 Å². The molecule has 0 aliphatic carbocycles. The fraction of sp³-hybridized carbons (Fsp3) is 0.429. The summed E-state index contributed by atoms with van der Waals surface area (Å²) in [7, 11) is 0. The fourth-order valence-electron chi connectivity index (χ4n) is 1.58. The van der Waals surface area contributed by atoms with Crippen molar-refractivity contribution < 1.29 is 4.79 Å². The number of hydrogen-bond donors (Lipinski definition) is 0. The van der Waals surface area contributed by atoms with Gasteiger partial charge in [-0.15, -0.1) is 0 Å². The van der Waals surface area contributed by atoms with Crippen molar-refractivity contribution >= 4 is 5.78 Å². The molecule has 0 aromatic heterocycles. The van der Waals surface area contributed by atoms with E-state index >= 15 is 0 Å². The molecule has 0 N–H and O–H groups in total. The van der Waals surface area contributed by atoms with Gasteiger partial charge in [0.05, 0.1) is 6.07 Å². The standard InChI is InChI=1S/C14H17NO/c1-9(2)13(8-15)14(16)12-6-5-10(3)11(4)7-12/h5-7,9,13H,1-4H3. The summed E-state index contributed by atoms with van der Waals surface area (Å²) in [5.74, 6) is -0.554. The minimum absolute atomic E-state index is 0.0547. The predicted molar refractivity (Wildman–Crippen MR) is 64.2 cm³/mol. The number of hydrogen-bond acceptors (Lipinski definition) is 2. The maximum atomic E-state index is 12.1. The first-order chi connectivity index (χ1) is 7.47. The molecule has 2 heteroatoms. The number of benzene rings is 1. The van der Waals surface area contributed by atoms with Crippen molar-refractivity contribution in [1.29, 1.82) is 5.26 Å². The number of nitrogens with zero attached hydrogens (tertiary/aromatic N) is 1. The van der Waals surface area contributed by atoms with Gasteiger partial charge in [0.2, 0.25) is 0 Å². The molecule has 1 aromatic carbocycles. The van der Waals surface area contributed by atoms with Crippen LogP contribution in [0.15, 0.2) is 18.2 Å². The molecule has 16 heavy (non-hydrogen) atoms. The normalized spacial score (nSPS) is 12.2. The summed E-state index contributed by atoms with van der Waals surface area (Å²) in [6.07, 6.45) is 0. The van der Waals surface area contributed by atoms with E-state index in [1.165, 1.54) is 0 Å². The minimum Gasteiger partial charge on any atom is -0.293 e. The summed E-state index contributed by atoms with van der Waals surface area (Å²) in [5.41, 5.74) is 2.89. The van der Waals surface area contributed by atoms with Gasteiger partial charge in [0.25, 0.3) is 0 Å². The lowest BCUT2D eigenvalue weighted by atomic mass is 9.88. The van der Waals surface area contributed by atoms with E-state index in [1.807, 2.05) is 39.8 Å². The van der Waals surface area contributed by atoms with E-state index in [-0.39, 0.29) is 11.7 Å². The van der Waals surface area contributed by atoms with Gasteiger partial charge in [-0.2, -0.15) is 5.26 Å². The van der Waals surface area contributed by atoms with Crippen molar-refractivity contribution in [3.8, 4) is 6.07 Å². The average molecular weight is 215 g/mol. The lowest BCUT2D eigenvalue weighted by molar-refractivity contribution is 0.0924. The van der Waals surface area contributed by atoms with Crippen LogP contribution < -0.4 is 0 Å². The van der Waals surface area contributed by atoms with E-state index in [0.29, 0.717) is 5.56 Å². The van der Waals surface area contributed by atoms with Gasteiger partial charge >= 0.3 is 0 Å². The highest BCUT2D eigenvalue weighted by Crippen LogP contribution is 2.18. The molecule has 2 nitrogen and oxygen atoms in total. The third kappa shape index (κ3) is 2.49. The Kier molecular flexibility index (Phi) is 3.84. The van der Waals surface area contributed by atoms with Crippen LogP contribution in [0.4, 0.5) is 0 Å². The largest absolute Gasteiger partial charge is 0.293 e. The third-order valence-electron chi connectivity index (χ3n) is 2.88. The molecule has 0 fully saturated rings. The molecule has 0 heterocycles. The molecule has 1 rings (SSSR count). The number of carbonyl (C=O) groups is 1. The van der Waals surface area contributed by atoms with Gasteiger partial charge in [0.15, 0.2) is 5.78 Å². The number of Topliss-reactive ketones (excluding diaryl/α,β-unsaturated/α-hetero) is 1. The smallest absolute Gasteiger partial charge is 0.180 e. The summed E-state index contributed by atoms with van der Waals surface area (Å²) in [5, 5.41) is 8.98. The molecule has 0 bridgehead atoms. The molecule has 1 aromatic rings. The van der Waals surface area contributed by atoms with Crippen molar-refractivity contribution in [2.45, 2.75) is 27.7 Å². The zero-order valence-electron chi connectivity index (χ0n) is 10.2. The summed E-state index contributed by atoms with van der Waals surface area (Å²) in [6, 6.07) is 7.68. The van der Waals surface area contributed by atoms with E-state index < -0.39 is 5.92 Å². The number of rotatable bonds is 3. The maximum Gasteiger partial charge on any atom is 0.180 e.